The maximum Gasteiger partial charge on any atom is 0.416 e. The van der Waals surface area contributed by atoms with Gasteiger partial charge in [-0.1, -0.05) is 12.1 Å². The van der Waals surface area contributed by atoms with Gasteiger partial charge in [0, 0.05) is 0 Å². The third-order valence-electron chi connectivity index (χ3n) is 5.17. The van der Waals surface area contributed by atoms with Crippen LogP contribution in [-0.2, 0) is 11.0 Å². The molecule has 6 nitrogen and oxygen atoms in total. The Balaban J connectivity index is 1.85. The Morgan fingerprint density at radius 1 is 1.12 bits per heavy atom. The van der Waals surface area contributed by atoms with Crippen molar-refractivity contribution >= 4 is 11.7 Å². The first-order valence-electron chi connectivity index (χ1n) is 9.86. The van der Waals surface area contributed by atoms with Crippen molar-refractivity contribution in [2.24, 2.45) is 0 Å². The Bertz CT molecular complexity index is 1220. The minimum absolute atomic E-state index is 0.0157. The molecule has 1 atom stereocenters. The van der Waals surface area contributed by atoms with Crippen LogP contribution in [0.1, 0.15) is 45.8 Å². The van der Waals surface area contributed by atoms with Gasteiger partial charge >= 0.3 is 6.18 Å². The average Bonchev–Trinajstić information content (AvgIpc) is 3.06. The number of carbonyl (C=O) groups excluding carboxylic acids is 2. The molecule has 33 heavy (non-hydrogen) atoms. The second kappa shape index (κ2) is 9.05. The van der Waals surface area contributed by atoms with E-state index in [9.17, 15) is 27.2 Å². The number of rotatable bonds is 6. The van der Waals surface area contributed by atoms with Crippen molar-refractivity contribution < 1.29 is 31.9 Å². The summed E-state index contributed by atoms with van der Waals surface area (Å²) >= 11 is 0. The number of ketones is 1. The monoisotopic (exact) mass is 463 g/mol. The second-order valence-corrected chi connectivity index (χ2v) is 7.42. The second-order valence-electron chi connectivity index (χ2n) is 7.42. The molecule has 0 aliphatic carbocycles. The van der Waals surface area contributed by atoms with E-state index >= 15 is 0 Å². The summed E-state index contributed by atoms with van der Waals surface area (Å²) in [6.07, 6.45) is -4.54. The zero-order chi connectivity index (χ0) is 24.5. The number of ether oxygens (including phenoxy) is 1. The van der Waals surface area contributed by atoms with Gasteiger partial charge in [0.15, 0.2) is 11.6 Å². The van der Waals surface area contributed by atoms with Gasteiger partial charge in [-0.3, -0.25) is 9.59 Å². The number of carbonyl (C=O) groups is 2. The van der Waals surface area contributed by atoms with Crippen molar-refractivity contribution in [1.82, 2.24) is 15.1 Å². The van der Waals surface area contributed by atoms with Gasteiger partial charge in [0.1, 0.15) is 0 Å². The van der Waals surface area contributed by atoms with E-state index in [-0.39, 0.29) is 28.4 Å². The summed E-state index contributed by atoms with van der Waals surface area (Å²) in [6.45, 7) is 4.56. The normalized spacial score (nSPS) is 12.4. The molecule has 0 saturated heterocycles. The zero-order valence-electron chi connectivity index (χ0n) is 18.2. The molecule has 1 heterocycles. The van der Waals surface area contributed by atoms with Crippen molar-refractivity contribution in [2.75, 3.05) is 7.11 Å². The number of benzene rings is 2. The molecule has 3 rings (SSSR count). The molecule has 0 bridgehead atoms. The Morgan fingerprint density at radius 2 is 1.82 bits per heavy atom. The lowest BCUT2D eigenvalue weighted by Gasteiger charge is -2.15. The number of hydrogen-bond donors (Lipinski definition) is 1. The molecular formula is C23H21F4N3O3. The Morgan fingerprint density at radius 3 is 2.42 bits per heavy atom. The van der Waals surface area contributed by atoms with Crippen molar-refractivity contribution in [3.8, 4) is 11.4 Å². The van der Waals surface area contributed by atoms with Gasteiger partial charge in [-0.2, -0.15) is 18.3 Å². The van der Waals surface area contributed by atoms with Crippen LogP contribution in [0.5, 0.6) is 5.75 Å². The van der Waals surface area contributed by atoms with Gasteiger partial charge < -0.3 is 10.1 Å². The van der Waals surface area contributed by atoms with Crippen LogP contribution in [0.15, 0.2) is 42.5 Å². The van der Waals surface area contributed by atoms with Gasteiger partial charge in [-0.15, -0.1) is 0 Å². The largest absolute Gasteiger partial charge is 0.494 e. The van der Waals surface area contributed by atoms with Gasteiger partial charge in [-0.05, 0) is 56.7 Å². The van der Waals surface area contributed by atoms with E-state index in [2.05, 4.69) is 10.4 Å². The molecule has 1 amide bonds. The lowest BCUT2D eigenvalue weighted by atomic mass is 10.1. The van der Waals surface area contributed by atoms with Crippen LogP contribution in [-0.4, -0.2) is 28.6 Å². The fourth-order valence-electron chi connectivity index (χ4n) is 3.45. The Kier molecular flexibility index (Phi) is 6.57. The lowest BCUT2D eigenvalue weighted by Crippen LogP contribution is -2.33. The first kappa shape index (κ1) is 24.0. The number of Topliss-reactive ketones (excluding diaryl/α,β-unsaturated/α-hetero) is 1. The first-order chi connectivity index (χ1) is 15.4. The van der Waals surface area contributed by atoms with Crippen molar-refractivity contribution in [2.45, 2.75) is 33.0 Å². The quantitative estimate of drug-likeness (QED) is 0.326. The number of aryl methyl sites for hydroxylation is 1. The predicted octanol–water partition coefficient (Wildman–Crippen LogP) is 4.72. The summed E-state index contributed by atoms with van der Waals surface area (Å²) in [6, 6.07) is 7.95. The van der Waals surface area contributed by atoms with Crippen molar-refractivity contribution in [1.29, 1.82) is 0 Å². The van der Waals surface area contributed by atoms with Crippen molar-refractivity contribution in [3.05, 3.63) is 76.4 Å². The smallest absolute Gasteiger partial charge is 0.416 e. The maximum absolute atomic E-state index is 14.0. The first-order valence-corrected chi connectivity index (χ1v) is 9.86. The minimum atomic E-state index is -4.54. The molecule has 3 aromatic rings. The molecule has 1 aromatic heterocycles. The molecule has 0 spiro atoms. The van der Waals surface area contributed by atoms with E-state index in [1.807, 2.05) is 0 Å². The predicted molar refractivity (Wildman–Crippen MR) is 112 cm³/mol. The van der Waals surface area contributed by atoms with Crippen LogP contribution in [0.4, 0.5) is 17.6 Å². The zero-order valence-corrected chi connectivity index (χ0v) is 18.2. The number of hydrogen-bond acceptors (Lipinski definition) is 4. The molecule has 2 aromatic carbocycles. The average molecular weight is 463 g/mol. The Labute approximate surface area is 187 Å². The van der Waals surface area contributed by atoms with E-state index in [0.717, 1.165) is 12.1 Å². The number of amides is 1. The summed E-state index contributed by atoms with van der Waals surface area (Å²) in [4.78, 5) is 25.5. The molecule has 1 N–H and O–H groups in total. The highest BCUT2D eigenvalue weighted by Gasteiger charge is 2.31. The summed E-state index contributed by atoms with van der Waals surface area (Å²) in [5.41, 5.74) is 0.0505. The summed E-state index contributed by atoms with van der Waals surface area (Å²) in [5, 5.41) is 6.67. The van der Waals surface area contributed by atoms with Crippen LogP contribution in [0.3, 0.4) is 0 Å². The highest BCUT2D eigenvalue weighted by molar-refractivity contribution is 6.43. The number of halogens is 4. The summed E-state index contributed by atoms with van der Waals surface area (Å²) in [5.74, 6) is -2.42. The number of aromatic nitrogens is 2. The molecule has 0 radical (unpaired) electrons. The fraction of sp³-hybridized carbons (Fsp3) is 0.261. The number of alkyl halides is 3. The molecule has 0 fully saturated rings. The maximum atomic E-state index is 14.0. The highest BCUT2D eigenvalue weighted by Crippen LogP contribution is 2.31. The molecule has 1 unspecified atom stereocenters. The molecule has 10 heteroatoms. The summed E-state index contributed by atoms with van der Waals surface area (Å²) < 4.78 is 59.2. The number of nitrogens with one attached hydrogen (secondary N) is 1. The third-order valence-corrected chi connectivity index (χ3v) is 5.17. The van der Waals surface area contributed by atoms with E-state index < -0.39 is 35.3 Å². The molecule has 0 aliphatic heterocycles. The van der Waals surface area contributed by atoms with Crippen LogP contribution in [0.2, 0.25) is 0 Å². The third kappa shape index (κ3) is 4.89. The van der Waals surface area contributed by atoms with Crippen molar-refractivity contribution in [3.63, 3.8) is 0 Å². The number of methoxy groups -OCH3 is 1. The van der Waals surface area contributed by atoms with Gasteiger partial charge in [0.2, 0.25) is 0 Å². The van der Waals surface area contributed by atoms with E-state index in [1.165, 1.54) is 49.9 Å². The fourth-order valence-corrected chi connectivity index (χ4v) is 3.45. The van der Waals surface area contributed by atoms with Gasteiger partial charge in [-0.25, -0.2) is 9.07 Å². The SMILES string of the molecule is COc1ccc(C(C)NC(=O)C(=O)c2c(C)nn(-c3cccc(C(F)(F)F)c3)c2C)cc1F. The minimum Gasteiger partial charge on any atom is -0.494 e. The van der Waals surface area contributed by atoms with Gasteiger partial charge in [0.05, 0.1) is 41.4 Å². The topological polar surface area (TPSA) is 73.2 Å². The molecule has 0 aliphatic rings. The van der Waals surface area contributed by atoms with E-state index in [4.69, 9.17) is 4.74 Å². The Hall–Kier alpha value is -3.69. The molecule has 0 saturated carbocycles. The van der Waals surface area contributed by atoms with E-state index in [0.29, 0.717) is 5.56 Å². The standard InChI is InChI=1S/C23H21F4N3O3/c1-12(15-8-9-19(33-4)18(24)10-15)28-22(32)21(31)20-13(2)29-30(14(20)3)17-7-5-6-16(11-17)23(25,26)27/h5-12H,1-4H3,(H,28,32). The van der Waals surface area contributed by atoms with E-state index in [1.54, 1.807) is 13.0 Å². The van der Waals surface area contributed by atoms with Crippen LogP contribution < -0.4 is 10.1 Å². The number of nitrogens with zero attached hydrogens (tertiary/aromatic N) is 2. The lowest BCUT2D eigenvalue weighted by molar-refractivity contribution is -0.137. The van der Waals surface area contributed by atoms with Crippen LogP contribution in [0, 0.1) is 19.7 Å². The molecular weight excluding hydrogens is 442 g/mol. The van der Waals surface area contributed by atoms with Gasteiger partial charge in [0.25, 0.3) is 11.7 Å². The molecule has 174 valence electrons. The summed E-state index contributed by atoms with van der Waals surface area (Å²) in [7, 11) is 1.33. The van der Waals surface area contributed by atoms with Crippen LogP contribution >= 0.6 is 0 Å². The van der Waals surface area contributed by atoms with Crippen LogP contribution in [0.25, 0.3) is 5.69 Å². The highest BCUT2D eigenvalue weighted by atomic mass is 19.4.